The Bertz CT molecular complexity index is 914. The summed E-state index contributed by atoms with van der Waals surface area (Å²) in [6, 6.07) is 11.7. The summed E-state index contributed by atoms with van der Waals surface area (Å²) in [6.45, 7) is 1.43. The molecule has 1 N–H and O–H groups in total. The van der Waals surface area contributed by atoms with Crippen molar-refractivity contribution in [1.82, 2.24) is 14.9 Å². The van der Waals surface area contributed by atoms with Crippen LogP contribution >= 0.6 is 11.3 Å². The molecule has 1 aliphatic heterocycles. The number of halogens is 1. The standard InChI is InChI=1S/C20H19FN4OS/c21-15-5-7-16(8-6-15)23-20-22-10-9-17(24-20)14-3-1-11-25(13-14)19(26)18-4-2-12-27-18/h2,4-10,12,14H,1,3,11,13H2,(H,22,23,24)/t14-/m1/s1. The van der Waals surface area contributed by atoms with Gasteiger partial charge in [0.1, 0.15) is 5.82 Å². The van der Waals surface area contributed by atoms with Crippen LogP contribution in [0.4, 0.5) is 16.0 Å². The van der Waals surface area contributed by atoms with E-state index in [2.05, 4.69) is 15.3 Å². The second kappa shape index (κ2) is 7.84. The zero-order valence-electron chi connectivity index (χ0n) is 14.6. The molecule has 0 aliphatic carbocycles. The Morgan fingerprint density at radius 1 is 1.22 bits per heavy atom. The monoisotopic (exact) mass is 382 g/mol. The molecule has 138 valence electrons. The molecule has 5 nitrogen and oxygen atoms in total. The largest absolute Gasteiger partial charge is 0.337 e. The molecule has 27 heavy (non-hydrogen) atoms. The van der Waals surface area contributed by atoms with E-state index in [1.54, 1.807) is 18.3 Å². The van der Waals surface area contributed by atoms with E-state index < -0.39 is 0 Å². The zero-order chi connectivity index (χ0) is 18.6. The Balaban J connectivity index is 1.47. The molecular formula is C20H19FN4OS. The van der Waals surface area contributed by atoms with Crippen LogP contribution in [0.15, 0.2) is 54.0 Å². The molecule has 0 spiro atoms. The fourth-order valence-corrected chi connectivity index (χ4v) is 3.97. The maximum absolute atomic E-state index is 13.0. The lowest BCUT2D eigenvalue weighted by Crippen LogP contribution is -2.39. The first kappa shape index (κ1) is 17.6. The first-order valence-electron chi connectivity index (χ1n) is 8.87. The van der Waals surface area contributed by atoms with Gasteiger partial charge in [-0.05, 0) is 54.6 Å². The summed E-state index contributed by atoms with van der Waals surface area (Å²) < 4.78 is 13.0. The normalized spacial score (nSPS) is 16.9. The van der Waals surface area contributed by atoms with Gasteiger partial charge in [0.25, 0.3) is 5.91 Å². The van der Waals surface area contributed by atoms with Gasteiger partial charge in [0.15, 0.2) is 0 Å². The number of nitrogens with zero attached hydrogens (tertiary/aromatic N) is 3. The lowest BCUT2D eigenvalue weighted by atomic mass is 9.94. The summed E-state index contributed by atoms with van der Waals surface area (Å²) in [5.41, 5.74) is 1.64. The third kappa shape index (κ3) is 4.14. The Morgan fingerprint density at radius 2 is 2.07 bits per heavy atom. The summed E-state index contributed by atoms with van der Waals surface area (Å²) in [4.78, 5) is 24.2. The molecule has 2 aromatic heterocycles. The third-order valence-corrected chi connectivity index (χ3v) is 5.49. The second-order valence-corrected chi connectivity index (χ2v) is 7.45. The fourth-order valence-electron chi connectivity index (χ4n) is 3.28. The van der Waals surface area contributed by atoms with Crippen LogP contribution < -0.4 is 5.32 Å². The number of thiophene rings is 1. The third-order valence-electron chi connectivity index (χ3n) is 4.64. The van der Waals surface area contributed by atoms with Gasteiger partial charge in [0.2, 0.25) is 5.95 Å². The minimum atomic E-state index is -0.284. The van der Waals surface area contributed by atoms with E-state index in [0.29, 0.717) is 12.5 Å². The van der Waals surface area contributed by atoms with Crippen LogP contribution in [0.2, 0.25) is 0 Å². The molecule has 1 aromatic carbocycles. The summed E-state index contributed by atoms with van der Waals surface area (Å²) in [5.74, 6) is 0.460. The van der Waals surface area contributed by atoms with Gasteiger partial charge in [0.05, 0.1) is 10.6 Å². The number of carbonyl (C=O) groups excluding carboxylic acids is 1. The molecule has 0 unspecified atom stereocenters. The van der Waals surface area contributed by atoms with Gasteiger partial charge < -0.3 is 10.2 Å². The minimum absolute atomic E-state index is 0.0911. The SMILES string of the molecule is O=C(c1cccs1)N1CCC[C@@H](c2ccnc(Nc3ccc(F)cc3)n2)C1. The molecule has 7 heteroatoms. The Hall–Kier alpha value is -2.80. The summed E-state index contributed by atoms with van der Waals surface area (Å²) in [6.07, 6.45) is 3.65. The fraction of sp³-hybridized carbons (Fsp3) is 0.250. The van der Waals surface area contributed by atoms with E-state index >= 15 is 0 Å². The van der Waals surface area contributed by atoms with Crippen LogP contribution in [-0.2, 0) is 0 Å². The first-order valence-corrected chi connectivity index (χ1v) is 9.75. The number of benzene rings is 1. The maximum Gasteiger partial charge on any atom is 0.263 e. The van der Waals surface area contributed by atoms with Crippen molar-refractivity contribution in [3.05, 3.63) is 70.4 Å². The van der Waals surface area contributed by atoms with E-state index in [0.717, 1.165) is 35.6 Å². The van der Waals surface area contributed by atoms with E-state index in [4.69, 9.17) is 0 Å². The van der Waals surface area contributed by atoms with Crippen molar-refractivity contribution in [2.75, 3.05) is 18.4 Å². The highest BCUT2D eigenvalue weighted by molar-refractivity contribution is 7.12. The van der Waals surface area contributed by atoms with E-state index in [-0.39, 0.29) is 17.6 Å². The van der Waals surface area contributed by atoms with Crippen LogP contribution in [-0.4, -0.2) is 33.9 Å². The van der Waals surface area contributed by atoms with Crippen molar-refractivity contribution in [3.8, 4) is 0 Å². The molecule has 1 aliphatic rings. The number of hydrogen-bond donors (Lipinski definition) is 1. The van der Waals surface area contributed by atoms with Gasteiger partial charge in [-0.25, -0.2) is 14.4 Å². The Kier molecular flexibility index (Phi) is 5.11. The second-order valence-electron chi connectivity index (χ2n) is 6.50. The number of rotatable bonds is 4. The molecule has 1 saturated heterocycles. The molecule has 4 rings (SSSR count). The highest BCUT2D eigenvalue weighted by atomic mass is 32.1. The predicted octanol–water partition coefficient (Wildman–Crippen LogP) is 4.44. The van der Waals surface area contributed by atoms with Crippen molar-refractivity contribution < 1.29 is 9.18 Å². The van der Waals surface area contributed by atoms with Crippen LogP contribution in [0.5, 0.6) is 0 Å². The lowest BCUT2D eigenvalue weighted by Gasteiger charge is -2.32. The first-order chi connectivity index (χ1) is 13.2. The molecule has 3 heterocycles. The molecule has 0 saturated carbocycles. The van der Waals surface area contributed by atoms with Crippen molar-refractivity contribution in [3.63, 3.8) is 0 Å². The summed E-state index contributed by atoms with van der Waals surface area (Å²) >= 11 is 1.47. The van der Waals surface area contributed by atoms with Crippen LogP contribution in [0.3, 0.4) is 0 Å². The Labute approximate surface area is 160 Å². The Morgan fingerprint density at radius 3 is 2.85 bits per heavy atom. The number of carbonyl (C=O) groups is 1. The van der Waals surface area contributed by atoms with Crippen molar-refractivity contribution in [2.45, 2.75) is 18.8 Å². The molecular weight excluding hydrogens is 363 g/mol. The minimum Gasteiger partial charge on any atom is -0.337 e. The van der Waals surface area contributed by atoms with Crippen molar-refractivity contribution in [1.29, 1.82) is 0 Å². The van der Waals surface area contributed by atoms with Gasteiger partial charge in [-0.1, -0.05) is 6.07 Å². The molecule has 1 atom stereocenters. The average Bonchev–Trinajstić information content (AvgIpc) is 3.24. The molecule has 0 radical (unpaired) electrons. The maximum atomic E-state index is 13.0. The zero-order valence-corrected chi connectivity index (χ0v) is 15.5. The summed E-state index contributed by atoms with van der Waals surface area (Å²) in [5, 5.41) is 5.02. The molecule has 1 amide bonds. The highest BCUT2D eigenvalue weighted by Crippen LogP contribution is 2.28. The predicted molar refractivity (Wildman–Crippen MR) is 104 cm³/mol. The topological polar surface area (TPSA) is 58.1 Å². The van der Waals surface area contributed by atoms with Gasteiger partial charge in [-0.2, -0.15) is 0 Å². The molecule has 1 fully saturated rings. The number of piperidine rings is 1. The van der Waals surface area contributed by atoms with Gasteiger partial charge in [-0.15, -0.1) is 11.3 Å². The van der Waals surface area contributed by atoms with Gasteiger partial charge in [0, 0.05) is 30.9 Å². The van der Waals surface area contributed by atoms with E-state index in [9.17, 15) is 9.18 Å². The number of aromatic nitrogens is 2. The average molecular weight is 382 g/mol. The quantitative estimate of drug-likeness (QED) is 0.725. The number of nitrogens with one attached hydrogen (secondary N) is 1. The number of likely N-dealkylation sites (tertiary alicyclic amines) is 1. The van der Waals surface area contributed by atoms with Crippen LogP contribution in [0.25, 0.3) is 0 Å². The highest BCUT2D eigenvalue weighted by Gasteiger charge is 2.27. The van der Waals surface area contributed by atoms with E-state index in [1.165, 1.54) is 23.5 Å². The number of anilines is 2. The van der Waals surface area contributed by atoms with Crippen LogP contribution in [0, 0.1) is 5.82 Å². The van der Waals surface area contributed by atoms with Crippen molar-refractivity contribution in [2.24, 2.45) is 0 Å². The lowest BCUT2D eigenvalue weighted by molar-refractivity contribution is 0.0711. The summed E-state index contributed by atoms with van der Waals surface area (Å²) in [7, 11) is 0. The van der Waals surface area contributed by atoms with Crippen LogP contribution in [0.1, 0.15) is 34.1 Å². The van der Waals surface area contributed by atoms with E-state index in [1.807, 2.05) is 28.5 Å². The van der Waals surface area contributed by atoms with Crippen molar-refractivity contribution >= 4 is 28.9 Å². The van der Waals surface area contributed by atoms with Gasteiger partial charge >= 0.3 is 0 Å². The molecule has 3 aromatic rings. The number of amides is 1. The smallest absolute Gasteiger partial charge is 0.263 e. The number of hydrogen-bond acceptors (Lipinski definition) is 5. The molecule has 0 bridgehead atoms. The van der Waals surface area contributed by atoms with Gasteiger partial charge in [-0.3, -0.25) is 4.79 Å².